The van der Waals surface area contributed by atoms with Crippen molar-refractivity contribution in [2.75, 3.05) is 7.11 Å². The van der Waals surface area contributed by atoms with Crippen molar-refractivity contribution in [3.63, 3.8) is 0 Å². The summed E-state index contributed by atoms with van der Waals surface area (Å²) in [5.74, 6) is 0.967. The molecule has 0 heterocycles. The molecule has 2 aromatic rings. The van der Waals surface area contributed by atoms with Gasteiger partial charge in [0.15, 0.2) is 0 Å². The lowest BCUT2D eigenvalue weighted by atomic mass is 10.0. The van der Waals surface area contributed by atoms with Crippen LogP contribution in [0.1, 0.15) is 36.0 Å². The van der Waals surface area contributed by atoms with Crippen LogP contribution >= 0.6 is 0 Å². The Morgan fingerprint density at radius 3 is 2.35 bits per heavy atom. The van der Waals surface area contributed by atoms with Gasteiger partial charge in [0.2, 0.25) is 0 Å². The predicted molar refractivity (Wildman–Crippen MR) is 85.4 cm³/mol. The van der Waals surface area contributed by atoms with Gasteiger partial charge in [-0.3, -0.25) is 0 Å². The van der Waals surface area contributed by atoms with Crippen molar-refractivity contribution in [3.05, 3.63) is 65.2 Å². The summed E-state index contributed by atoms with van der Waals surface area (Å²) in [6.45, 7) is 2.18. The molecule has 0 amide bonds. The van der Waals surface area contributed by atoms with Gasteiger partial charge >= 0.3 is 0 Å². The van der Waals surface area contributed by atoms with Crippen LogP contribution in [-0.2, 0) is 12.8 Å². The summed E-state index contributed by atoms with van der Waals surface area (Å²) in [7, 11) is 1.73. The van der Waals surface area contributed by atoms with Crippen LogP contribution in [0.4, 0.5) is 0 Å². The molecule has 0 spiro atoms. The van der Waals surface area contributed by atoms with E-state index in [9.17, 15) is 0 Å². The van der Waals surface area contributed by atoms with E-state index in [1.54, 1.807) is 7.11 Å². The molecule has 0 aliphatic rings. The van der Waals surface area contributed by atoms with Crippen molar-refractivity contribution < 1.29 is 4.74 Å². The highest BCUT2D eigenvalue weighted by atomic mass is 16.5. The van der Waals surface area contributed by atoms with Crippen LogP contribution in [0, 0.1) is 6.92 Å². The zero-order chi connectivity index (χ0) is 14.2. The first kappa shape index (κ1) is 14.6. The number of unbranched alkanes of at least 4 members (excludes halogenated alkanes) is 2. The van der Waals surface area contributed by atoms with Crippen LogP contribution in [0.25, 0.3) is 0 Å². The second-order valence-corrected chi connectivity index (χ2v) is 5.34. The van der Waals surface area contributed by atoms with Crippen molar-refractivity contribution >= 4 is 0 Å². The lowest BCUT2D eigenvalue weighted by molar-refractivity contribution is 0.414. The quantitative estimate of drug-likeness (QED) is 0.645. The number of rotatable bonds is 7. The number of hydrogen-bond donors (Lipinski definition) is 0. The van der Waals surface area contributed by atoms with Crippen LogP contribution in [0.15, 0.2) is 48.5 Å². The predicted octanol–water partition coefficient (Wildman–Crippen LogP) is 4.96. The smallest absolute Gasteiger partial charge is 0.119 e. The summed E-state index contributed by atoms with van der Waals surface area (Å²) in [6.07, 6.45) is 6.15. The first-order valence-corrected chi connectivity index (χ1v) is 7.47. The number of hydrogen-bond acceptors (Lipinski definition) is 1. The monoisotopic (exact) mass is 268 g/mol. The normalized spacial score (nSPS) is 10.5. The molecule has 106 valence electrons. The van der Waals surface area contributed by atoms with Gasteiger partial charge in [0.1, 0.15) is 5.75 Å². The molecule has 0 aliphatic heterocycles. The van der Waals surface area contributed by atoms with Crippen LogP contribution < -0.4 is 4.74 Å². The Labute approximate surface area is 122 Å². The highest BCUT2D eigenvalue weighted by molar-refractivity contribution is 5.34. The molecule has 0 saturated carbocycles. The van der Waals surface area contributed by atoms with E-state index < -0.39 is 0 Å². The molecule has 0 unspecified atom stereocenters. The maximum absolute atomic E-state index is 5.30. The topological polar surface area (TPSA) is 9.23 Å². The van der Waals surface area contributed by atoms with Gasteiger partial charge in [-0.15, -0.1) is 0 Å². The van der Waals surface area contributed by atoms with Crippen LogP contribution in [0.5, 0.6) is 5.75 Å². The molecular weight excluding hydrogens is 244 g/mol. The molecule has 1 nitrogen and oxygen atoms in total. The van der Waals surface area contributed by atoms with E-state index in [4.69, 9.17) is 4.74 Å². The molecular formula is C19H24O. The van der Waals surface area contributed by atoms with Gasteiger partial charge in [-0.2, -0.15) is 0 Å². The van der Waals surface area contributed by atoms with Crippen LogP contribution in [-0.4, -0.2) is 7.11 Å². The van der Waals surface area contributed by atoms with Gasteiger partial charge in [0.25, 0.3) is 0 Å². The fourth-order valence-corrected chi connectivity index (χ4v) is 2.51. The minimum atomic E-state index is 0.967. The molecule has 0 atom stereocenters. The zero-order valence-corrected chi connectivity index (χ0v) is 12.6. The summed E-state index contributed by atoms with van der Waals surface area (Å²) in [5, 5.41) is 0. The Kier molecular flexibility index (Phi) is 5.67. The number of ether oxygens (including phenoxy) is 1. The van der Waals surface area contributed by atoms with Gasteiger partial charge in [0, 0.05) is 0 Å². The van der Waals surface area contributed by atoms with Crippen LogP contribution in [0.3, 0.4) is 0 Å². The van der Waals surface area contributed by atoms with Crippen molar-refractivity contribution in [3.8, 4) is 5.75 Å². The summed E-state index contributed by atoms with van der Waals surface area (Å²) in [4.78, 5) is 0. The molecule has 2 rings (SSSR count). The number of aryl methyl sites for hydroxylation is 3. The molecule has 0 fully saturated rings. The second kappa shape index (κ2) is 7.74. The average Bonchev–Trinajstić information content (AvgIpc) is 2.50. The Balaban J connectivity index is 1.73. The molecule has 0 radical (unpaired) electrons. The van der Waals surface area contributed by atoms with Crippen molar-refractivity contribution in [1.29, 1.82) is 0 Å². The molecule has 1 heteroatoms. The average molecular weight is 268 g/mol. The molecule has 0 aliphatic carbocycles. The van der Waals surface area contributed by atoms with Crippen molar-refractivity contribution in [1.82, 2.24) is 0 Å². The fraction of sp³-hybridized carbons (Fsp3) is 0.368. The summed E-state index contributed by atoms with van der Waals surface area (Å²) < 4.78 is 5.30. The third-order valence-corrected chi connectivity index (χ3v) is 3.81. The number of benzene rings is 2. The lowest BCUT2D eigenvalue weighted by Gasteiger charge is -2.08. The van der Waals surface area contributed by atoms with Gasteiger partial charge in [-0.1, -0.05) is 42.8 Å². The van der Waals surface area contributed by atoms with E-state index in [0.29, 0.717) is 0 Å². The van der Waals surface area contributed by atoms with E-state index >= 15 is 0 Å². The first-order valence-electron chi connectivity index (χ1n) is 7.47. The van der Waals surface area contributed by atoms with E-state index in [0.717, 1.165) is 12.2 Å². The van der Waals surface area contributed by atoms with E-state index in [2.05, 4.69) is 49.4 Å². The molecule has 0 bridgehead atoms. The first-order chi connectivity index (χ1) is 9.79. The van der Waals surface area contributed by atoms with E-state index in [1.807, 2.05) is 6.07 Å². The van der Waals surface area contributed by atoms with Gasteiger partial charge in [0.05, 0.1) is 7.11 Å². The van der Waals surface area contributed by atoms with Crippen LogP contribution in [0.2, 0.25) is 0 Å². The Bertz CT molecular complexity index is 517. The second-order valence-electron chi connectivity index (χ2n) is 5.34. The highest BCUT2D eigenvalue weighted by Gasteiger charge is 2.01. The molecule has 20 heavy (non-hydrogen) atoms. The van der Waals surface area contributed by atoms with E-state index in [-0.39, 0.29) is 0 Å². The third-order valence-electron chi connectivity index (χ3n) is 3.81. The largest absolute Gasteiger partial charge is 0.497 e. The third kappa shape index (κ3) is 4.41. The summed E-state index contributed by atoms with van der Waals surface area (Å²) in [6, 6.07) is 17.1. The molecule has 0 aromatic heterocycles. The van der Waals surface area contributed by atoms with Crippen molar-refractivity contribution in [2.24, 2.45) is 0 Å². The van der Waals surface area contributed by atoms with E-state index in [1.165, 1.54) is 42.4 Å². The number of methoxy groups -OCH3 is 1. The van der Waals surface area contributed by atoms with Gasteiger partial charge in [-0.25, -0.2) is 0 Å². The minimum Gasteiger partial charge on any atom is -0.497 e. The standard InChI is InChI=1S/C19H24O/c1-16-13-14-19(20-2)15-18(16)12-8-4-7-11-17-9-5-3-6-10-17/h3,5-6,9-10,13-15H,4,7-8,11-12H2,1-2H3. The SMILES string of the molecule is COc1ccc(C)c(CCCCCc2ccccc2)c1. The molecule has 0 saturated heterocycles. The lowest BCUT2D eigenvalue weighted by Crippen LogP contribution is -1.93. The maximum atomic E-state index is 5.30. The Morgan fingerprint density at radius 2 is 1.60 bits per heavy atom. The van der Waals surface area contributed by atoms with Crippen molar-refractivity contribution in [2.45, 2.75) is 39.0 Å². The van der Waals surface area contributed by atoms with Gasteiger partial charge in [-0.05, 0) is 61.4 Å². The Hall–Kier alpha value is -1.76. The maximum Gasteiger partial charge on any atom is 0.119 e. The van der Waals surface area contributed by atoms with Gasteiger partial charge < -0.3 is 4.74 Å². The summed E-state index contributed by atoms with van der Waals surface area (Å²) in [5.41, 5.74) is 4.24. The fourth-order valence-electron chi connectivity index (χ4n) is 2.51. The zero-order valence-electron chi connectivity index (χ0n) is 12.6. The minimum absolute atomic E-state index is 0.967. The molecule has 2 aromatic carbocycles. The summed E-state index contributed by atoms with van der Waals surface area (Å²) >= 11 is 0. The Morgan fingerprint density at radius 1 is 0.850 bits per heavy atom. The molecule has 0 N–H and O–H groups in total. The highest BCUT2D eigenvalue weighted by Crippen LogP contribution is 2.19.